The molecule has 0 radical (unpaired) electrons. The number of ether oxygens (including phenoxy) is 2. The standard InChI is InChI=1S/C22H22O3/c1-24-21-14-12-20(13-15-21)22(25-17-16-23,18-8-4-2-5-9-18)19-10-6-3-7-11-19/h2-15,23H,16-17H2,1H3. The molecular weight excluding hydrogens is 312 g/mol. The molecule has 0 atom stereocenters. The van der Waals surface area contributed by atoms with E-state index in [1.807, 2.05) is 60.7 Å². The molecule has 0 aliphatic carbocycles. The summed E-state index contributed by atoms with van der Waals surface area (Å²) < 4.78 is 11.6. The number of hydrogen-bond donors (Lipinski definition) is 1. The summed E-state index contributed by atoms with van der Waals surface area (Å²) in [7, 11) is 1.65. The molecule has 3 aromatic rings. The van der Waals surface area contributed by atoms with Gasteiger partial charge in [0.2, 0.25) is 0 Å². The largest absolute Gasteiger partial charge is 0.497 e. The quantitative estimate of drug-likeness (QED) is 0.664. The second-order valence-electron chi connectivity index (χ2n) is 5.71. The summed E-state index contributed by atoms with van der Waals surface area (Å²) in [6.45, 7) is 0.188. The fraction of sp³-hybridized carbons (Fsp3) is 0.182. The van der Waals surface area contributed by atoms with E-state index in [1.165, 1.54) is 0 Å². The lowest BCUT2D eigenvalue weighted by molar-refractivity contribution is -0.00646. The van der Waals surface area contributed by atoms with Crippen LogP contribution in [0.25, 0.3) is 0 Å². The van der Waals surface area contributed by atoms with Gasteiger partial charge < -0.3 is 14.6 Å². The second kappa shape index (κ2) is 7.97. The van der Waals surface area contributed by atoms with Crippen molar-refractivity contribution < 1.29 is 14.6 Å². The zero-order valence-corrected chi connectivity index (χ0v) is 14.3. The topological polar surface area (TPSA) is 38.7 Å². The maximum absolute atomic E-state index is 9.41. The first kappa shape index (κ1) is 17.2. The van der Waals surface area contributed by atoms with Crippen LogP contribution in [0.1, 0.15) is 16.7 Å². The molecule has 0 unspecified atom stereocenters. The Morgan fingerprint density at radius 2 is 1.20 bits per heavy atom. The fourth-order valence-corrected chi connectivity index (χ4v) is 3.12. The lowest BCUT2D eigenvalue weighted by Gasteiger charge is -2.35. The van der Waals surface area contributed by atoms with Gasteiger partial charge in [0.25, 0.3) is 0 Å². The van der Waals surface area contributed by atoms with E-state index in [0.717, 1.165) is 22.4 Å². The maximum Gasteiger partial charge on any atom is 0.143 e. The molecule has 0 aliphatic rings. The van der Waals surface area contributed by atoms with Gasteiger partial charge in [0, 0.05) is 0 Å². The van der Waals surface area contributed by atoms with Crippen LogP contribution in [0.2, 0.25) is 0 Å². The average Bonchev–Trinajstić information content (AvgIpc) is 2.71. The third-order valence-electron chi connectivity index (χ3n) is 4.27. The fourth-order valence-electron chi connectivity index (χ4n) is 3.12. The van der Waals surface area contributed by atoms with Gasteiger partial charge in [-0.15, -0.1) is 0 Å². The summed E-state index contributed by atoms with van der Waals surface area (Å²) in [6.07, 6.45) is 0. The monoisotopic (exact) mass is 334 g/mol. The Morgan fingerprint density at radius 3 is 1.64 bits per heavy atom. The van der Waals surface area contributed by atoms with E-state index in [0.29, 0.717) is 0 Å². The first-order chi connectivity index (χ1) is 12.3. The van der Waals surface area contributed by atoms with Crippen LogP contribution in [-0.4, -0.2) is 25.4 Å². The first-order valence-electron chi connectivity index (χ1n) is 8.31. The van der Waals surface area contributed by atoms with E-state index >= 15 is 0 Å². The molecule has 1 N–H and O–H groups in total. The maximum atomic E-state index is 9.41. The Labute approximate surface area is 148 Å². The minimum Gasteiger partial charge on any atom is -0.497 e. The summed E-state index contributed by atoms with van der Waals surface area (Å²) in [5, 5.41) is 9.41. The Hall–Kier alpha value is -2.62. The van der Waals surface area contributed by atoms with Gasteiger partial charge in [-0.2, -0.15) is 0 Å². The minimum atomic E-state index is -0.794. The number of hydrogen-bond acceptors (Lipinski definition) is 3. The van der Waals surface area contributed by atoms with Crippen LogP contribution < -0.4 is 4.74 Å². The van der Waals surface area contributed by atoms with Crippen molar-refractivity contribution >= 4 is 0 Å². The van der Waals surface area contributed by atoms with Crippen LogP contribution in [0, 0.1) is 0 Å². The van der Waals surface area contributed by atoms with Crippen LogP contribution in [-0.2, 0) is 10.3 Å². The normalized spacial score (nSPS) is 11.3. The summed E-state index contributed by atoms with van der Waals surface area (Å²) >= 11 is 0. The summed E-state index contributed by atoms with van der Waals surface area (Å²) in [4.78, 5) is 0. The van der Waals surface area contributed by atoms with E-state index in [2.05, 4.69) is 24.3 Å². The molecule has 3 aromatic carbocycles. The average molecular weight is 334 g/mol. The molecule has 0 saturated heterocycles. The number of methoxy groups -OCH3 is 1. The van der Waals surface area contributed by atoms with Crippen LogP contribution >= 0.6 is 0 Å². The molecule has 3 heteroatoms. The highest BCUT2D eigenvalue weighted by molar-refractivity contribution is 5.48. The van der Waals surface area contributed by atoms with Gasteiger partial charge in [-0.05, 0) is 28.8 Å². The van der Waals surface area contributed by atoms with Crippen molar-refractivity contribution in [2.75, 3.05) is 20.3 Å². The van der Waals surface area contributed by atoms with E-state index in [9.17, 15) is 5.11 Å². The van der Waals surface area contributed by atoms with E-state index in [-0.39, 0.29) is 13.2 Å². The summed E-state index contributed by atoms with van der Waals surface area (Å²) in [6, 6.07) is 28.0. The van der Waals surface area contributed by atoms with Gasteiger partial charge >= 0.3 is 0 Å². The zero-order chi connectivity index (χ0) is 17.5. The molecule has 0 fully saturated rings. The van der Waals surface area contributed by atoms with Crippen LogP contribution in [0.3, 0.4) is 0 Å². The van der Waals surface area contributed by atoms with Crippen molar-refractivity contribution in [3.05, 3.63) is 102 Å². The number of aliphatic hydroxyl groups is 1. The van der Waals surface area contributed by atoms with Gasteiger partial charge in [0.15, 0.2) is 0 Å². The van der Waals surface area contributed by atoms with Crippen LogP contribution in [0.5, 0.6) is 5.75 Å². The zero-order valence-electron chi connectivity index (χ0n) is 14.3. The SMILES string of the molecule is COc1ccc(C(OCCO)(c2ccccc2)c2ccccc2)cc1. The molecule has 0 bridgehead atoms. The van der Waals surface area contributed by atoms with Gasteiger partial charge in [0.1, 0.15) is 11.4 Å². The third-order valence-corrected chi connectivity index (χ3v) is 4.27. The predicted molar refractivity (Wildman–Crippen MR) is 98.8 cm³/mol. The van der Waals surface area contributed by atoms with Crippen molar-refractivity contribution in [3.63, 3.8) is 0 Å². The molecule has 3 rings (SSSR count). The van der Waals surface area contributed by atoms with E-state index < -0.39 is 5.60 Å². The van der Waals surface area contributed by atoms with Crippen molar-refractivity contribution in [1.82, 2.24) is 0 Å². The molecule has 0 amide bonds. The minimum absolute atomic E-state index is 0.0441. The van der Waals surface area contributed by atoms with Crippen LogP contribution in [0.4, 0.5) is 0 Å². The van der Waals surface area contributed by atoms with Crippen molar-refractivity contribution in [3.8, 4) is 5.75 Å². The smallest absolute Gasteiger partial charge is 0.143 e. The molecule has 0 aliphatic heterocycles. The van der Waals surface area contributed by atoms with E-state index in [4.69, 9.17) is 9.47 Å². The second-order valence-corrected chi connectivity index (χ2v) is 5.71. The van der Waals surface area contributed by atoms with Gasteiger partial charge in [-0.3, -0.25) is 0 Å². The predicted octanol–water partition coefficient (Wildman–Crippen LogP) is 4.00. The number of benzene rings is 3. The highest BCUT2D eigenvalue weighted by atomic mass is 16.5. The van der Waals surface area contributed by atoms with Gasteiger partial charge in [0.05, 0.1) is 20.3 Å². The highest BCUT2D eigenvalue weighted by Crippen LogP contribution is 2.40. The first-order valence-corrected chi connectivity index (χ1v) is 8.31. The molecule has 0 aromatic heterocycles. The molecule has 0 saturated carbocycles. The summed E-state index contributed by atoms with van der Waals surface area (Å²) in [5.41, 5.74) is 2.22. The van der Waals surface area contributed by atoms with Crippen molar-refractivity contribution in [1.29, 1.82) is 0 Å². The molecule has 0 spiro atoms. The summed E-state index contributed by atoms with van der Waals surface area (Å²) in [5.74, 6) is 0.793. The third kappa shape index (κ3) is 3.43. The molecule has 25 heavy (non-hydrogen) atoms. The van der Waals surface area contributed by atoms with E-state index in [1.54, 1.807) is 7.11 Å². The molecular formula is C22H22O3. The Balaban J connectivity index is 2.23. The van der Waals surface area contributed by atoms with Gasteiger partial charge in [-0.25, -0.2) is 0 Å². The Kier molecular flexibility index (Phi) is 5.49. The lowest BCUT2D eigenvalue weighted by Crippen LogP contribution is -2.34. The van der Waals surface area contributed by atoms with Crippen LogP contribution in [0.15, 0.2) is 84.9 Å². The molecule has 128 valence electrons. The van der Waals surface area contributed by atoms with Crippen molar-refractivity contribution in [2.24, 2.45) is 0 Å². The number of rotatable bonds is 7. The highest BCUT2D eigenvalue weighted by Gasteiger charge is 2.37. The molecule has 0 heterocycles. The lowest BCUT2D eigenvalue weighted by atomic mass is 9.80. The Bertz CT molecular complexity index is 728. The Morgan fingerprint density at radius 1 is 0.720 bits per heavy atom. The number of aliphatic hydroxyl groups excluding tert-OH is 1. The molecule has 3 nitrogen and oxygen atoms in total. The van der Waals surface area contributed by atoms with Gasteiger partial charge in [-0.1, -0.05) is 72.8 Å². The van der Waals surface area contributed by atoms with Crippen molar-refractivity contribution in [2.45, 2.75) is 5.60 Å².